The van der Waals surface area contributed by atoms with Gasteiger partial charge in [0.2, 0.25) is 0 Å². The molecule has 158 valence electrons. The van der Waals surface area contributed by atoms with Crippen LogP contribution in [0.15, 0.2) is 0 Å². The van der Waals surface area contributed by atoms with E-state index in [4.69, 9.17) is 4.74 Å². The molecule has 0 N–H and O–H groups in total. The van der Waals surface area contributed by atoms with Crippen molar-refractivity contribution in [3.05, 3.63) is 0 Å². The van der Waals surface area contributed by atoms with E-state index < -0.39 is 0 Å². The van der Waals surface area contributed by atoms with E-state index in [1.807, 2.05) is 0 Å². The lowest BCUT2D eigenvalue weighted by Crippen LogP contribution is -2.54. The van der Waals surface area contributed by atoms with E-state index in [1.54, 1.807) is 0 Å². The molecule has 0 bridgehead atoms. The Bertz CT molecular complexity index is 599. The molecule has 0 radical (unpaired) electrons. The Kier molecular flexibility index (Phi) is 5.15. The van der Waals surface area contributed by atoms with Crippen molar-refractivity contribution in [2.75, 3.05) is 26.2 Å². The van der Waals surface area contributed by atoms with E-state index in [1.165, 1.54) is 70.9 Å². The summed E-state index contributed by atoms with van der Waals surface area (Å²) in [5.74, 6) is 3.80. The van der Waals surface area contributed by atoms with Crippen molar-refractivity contribution < 1.29 is 9.53 Å². The monoisotopic (exact) mass is 387 g/mol. The van der Waals surface area contributed by atoms with Gasteiger partial charge in [-0.1, -0.05) is 13.8 Å². The average molecular weight is 388 g/mol. The molecule has 28 heavy (non-hydrogen) atoms. The van der Waals surface area contributed by atoms with Crippen LogP contribution in [-0.4, -0.2) is 43.0 Å². The Morgan fingerprint density at radius 3 is 2.64 bits per heavy atom. The van der Waals surface area contributed by atoms with Crippen molar-refractivity contribution in [2.45, 2.75) is 90.6 Å². The van der Waals surface area contributed by atoms with Crippen LogP contribution < -0.4 is 0 Å². The lowest BCUT2D eigenvalue weighted by molar-refractivity contribution is -0.145. The minimum atomic E-state index is 0.0280. The van der Waals surface area contributed by atoms with Crippen LogP contribution in [0.2, 0.25) is 0 Å². The van der Waals surface area contributed by atoms with E-state index in [-0.39, 0.29) is 5.41 Å². The van der Waals surface area contributed by atoms with E-state index in [0.29, 0.717) is 23.2 Å². The number of nitrogens with zero attached hydrogens (tertiary/aromatic N) is 1. The third-order valence-electron chi connectivity index (χ3n) is 10.3. The van der Waals surface area contributed by atoms with Crippen molar-refractivity contribution in [3.63, 3.8) is 0 Å². The molecule has 3 nitrogen and oxygen atoms in total. The van der Waals surface area contributed by atoms with Gasteiger partial charge in [-0.05, 0) is 106 Å². The van der Waals surface area contributed by atoms with Crippen LogP contribution in [0.4, 0.5) is 0 Å². The summed E-state index contributed by atoms with van der Waals surface area (Å²) in [6.07, 6.45) is 14.4. The summed E-state index contributed by atoms with van der Waals surface area (Å²) >= 11 is 0. The van der Waals surface area contributed by atoms with Crippen LogP contribution in [0, 0.1) is 34.5 Å². The van der Waals surface area contributed by atoms with Crippen molar-refractivity contribution in [1.82, 2.24) is 4.90 Å². The largest absolute Gasteiger partial charge is 0.377 e. The highest BCUT2D eigenvalue weighted by molar-refractivity contribution is 5.87. The maximum atomic E-state index is 12.6. The van der Waals surface area contributed by atoms with Gasteiger partial charge in [-0.15, -0.1) is 0 Å². The summed E-state index contributed by atoms with van der Waals surface area (Å²) in [5, 5.41) is 0. The molecule has 1 heterocycles. The molecule has 3 heteroatoms. The number of carbonyl (C=O) groups excluding carboxylic acids is 1. The fourth-order valence-corrected chi connectivity index (χ4v) is 8.50. The molecule has 0 amide bonds. The number of ketones is 1. The number of fused-ring (bicyclic) bond motifs is 5. The lowest BCUT2D eigenvalue weighted by Gasteiger charge is -2.60. The number of hydrogen-bond donors (Lipinski definition) is 0. The highest BCUT2D eigenvalue weighted by Crippen LogP contribution is 2.65. The second kappa shape index (κ2) is 7.38. The molecular weight excluding hydrogens is 346 g/mol. The third-order valence-corrected chi connectivity index (χ3v) is 10.3. The van der Waals surface area contributed by atoms with E-state index in [0.717, 1.165) is 43.7 Å². The van der Waals surface area contributed by atoms with Crippen molar-refractivity contribution in [2.24, 2.45) is 34.5 Å². The van der Waals surface area contributed by atoms with Gasteiger partial charge in [-0.3, -0.25) is 4.79 Å². The fraction of sp³-hybridized carbons (Fsp3) is 0.960. The number of carbonyl (C=O) groups is 1. The molecule has 7 unspecified atom stereocenters. The van der Waals surface area contributed by atoms with E-state index in [2.05, 4.69) is 18.7 Å². The smallest absolute Gasteiger partial charge is 0.139 e. The number of hydrogen-bond acceptors (Lipinski definition) is 3. The van der Waals surface area contributed by atoms with Crippen LogP contribution in [0.5, 0.6) is 0 Å². The number of likely N-dealkylation sites (tertiary alicyclic amines) is 1. The predicted molar refractivity (Wildman–Crippen MR) is 112 cm³/mol. The molecule has 7 atom stereocenters. The molecule has 5 rings (SSSR count). The molecular formula is C25H41NO2. The van der Waals surface area contributed by atoms with Gasteiger partial charge in [0, 0.05) is 18.4 Å². The lowest BCUT2D eigenvalue weighted by atomic mass is 9.45. The topological polar surface area (TPSA) is 29.5 Å². The molecule has 0 aromatic carbocycles. The van der Waals surface area contributed by atoms with Crippen LogP contribution in [0.1, 0.15) is 84.5 Å². The summed E-state index contributed by atoms with van der Waals surface area (Å²) in [6.45, 7) is 9.55. The van der Waals surface area contributed by atoms with Crippen LogP contribution >= 0.6 is 0 Å². The summed E-state index contributed by atoms with van der Waals surface area (Å²) < 4.78 is 6.39. The van der Waals surface area contributed by atoms with Gasteiger partial charge in [-0.25, -0.2) is 0 Å². The zero-order chi connectivity index (χ0) is 19.4. The van der Waals surface area contributed by atoms with Crippen LogP contribution in [-0.2, 0) is 9.53 Å². The number of rotatable bonds is 4. The van der Waals surface area contributed by atoms with Gasteiger partial charge in [-0.2, -0.15) is 0 Å². The van der Waals surface area contributed by atoms with Gasteiger partial charge in [0.05, 0.1) is 12.7 Å². The Balaban J connectivity index is 1.21. The molecule has 0 aromatic rings. The van der Waals surface area contributed by atoms with Gasteiger partial charge < -0.3 is 9.64 Å². The minimum absolute atomic E-state index is 0.0280. The zero-order valence-electron chi connectivity index (χ0n) is 18.3. The molecule has 0 spiro atoms. The van der Waals surface area contributed by atoms with Crippen molar-refractivity contribution in [3.8, 4) is 0 Å². The second-order valence-corrected chi connectivity index (χ2v) is 11.4. The van der Waals surface area contributed by atoms with Gasteiger partial charge in [0.25, 0.3) is 0 Å². The first-order chi connectivity index (χ1) is 13.5. The molecule has 4 saturated carbocycles. The minimum Gasteiger partial charge on any atom is -0.377 e. The number of Topliss-reactive ketones (excluding diaryl/α,β-unsaturated/α-hetero) is 1. The molecule has 4 aliphatic carbocycles. The van der Waals surface area contributed by atoms with E-state index in [9.17, 15) is 4.79 Å². The quantitative estimate of drug-likeness (QED) is 0.674. The summed E-state index contributed by atoms with van der Waals surface area (Å²) in [4.78, 5) is 15.2. The van der Waals surface area contributed by atoms with E-state index >= 15 is 0 Å². The Morgan fingerprint density at radius 2 is 1.82 bits per heavy atom. The maximum Gasteiger partial charge on any atom is 0.139 e. The highest BCUT2D eigenvalue weighted by atomic mass is 16.5. The SMILES string of the molecule is CC12CCC3C(CCC4CC(OCCN5CCCC5)CCC43C)C1CCC2=O. The predicted octanol–water partition coefficient (Wildman–Crippen LogP) is 5.08. The van der Waals surface area contributed by atoms with Gasteiger partial charge in [0.15, 0.2) is 0 Å². The molecule has 1 saturated heterocycles. The Hall–Kier alpha value is -0.410. The molecule has 5 fully saturated rings. The van der Waals surface area contributed by atoms with Crippen molar-refractivity contribution in [1.29, 1.82) is 0 Å². The standard InChI is InChI=1S/C25H41NO2/c1-24-11-9-19(28-16-15-26-13-3-4-14-26)17-18(24)5-6-20-21-7-8-23(27)25(21,2)12-10-22(20)24/h18-22H,3-17H2,1-2H3. The Labute approximate surface area is 172 Å². The maximum absolute atomic E-state index is 12.6. The number of ether oxygens (including phenoxy) is 1. The summed E-state index contributed by atoms with van der Waals surface area (Å²) in [7, 11) is 0. The molecule has 0 aromatic heterocycles. The fourth-order valence-electron chi connectivity index (χ4n) is 8.50. The normalized spacial score (nSPS) is 48.9. The summed E-state index contributed by atoms with van der Waals surface area (Å²) in [6, 6.07) is 0. The average Bonchev–Trinajstić information content (AvgIpc) is 3.30. The van der Waals surface area contributed by atoms with Gasteiger partial charge >= 0.3 is 0 Å². The second-order valence-electron chi connectivity index (χ2n) is 11.4. The molecule has 1 aliphatic heterocycles. The first-order valence-electron chi connectivity index (χ1n) is 12.4. The van der Waals surface area contributed by atoms with Crippen LogP contribution in [0.3, 0.4) is 0 Å². The third kappa shape index (κ3) is 3.11. The first kappa shape index (κ1) is 19.5. The van der Waals surface area contributed by atoms with Crippen molar-refractivity contribution >= 4 is 5.78 Å². The zero-order valence-corrected chi connectivity index (χ0v) is 18.3. The molecule has 5 aliphatic rings. The summed E-state index contributed by atoms with van der Waals surface area (Å²) in [5.41, 5.74) is 0.533. The first-order valence-corrected chi connectivity index (χ1v) is 12.4. The van der Waals surface area contributed by atoms with Crippen LogP contribution in [0.25, 0.3) is 0 Å². The van der Waals surface area contributed by atoms with Gasteiger partial charge in [0.1, 0.15) is 5.78 Å². The highest BCUT2D eigenvalue weighted by Gasteiger charge is 2.60. The Morgan fingerprint density at radius 1 is 1.00 bits per heavy atom.